The van der Waals surface area contributed by atoms with Gasteiger partial charge >= 0.3 is 5.97 Å². The van der Waals surface area contributed by atoms with Gasteiger partial charge in [0.1, 0.15) is 0 Å². The summed E-state index contributed by atoms with van der Waals surface area (Å²) < 4.78 is 28.2. The maximum Gasteiger partial charge on any atom is 0.359 e. The lowest BCUT2D eigenvalue weighted by Crippen LogP contribution is -2.44. The normalized spacial score (nSPS) is 22.5. The van der Waals surface area contributed by atoms with Crippen molar-refractivity contribution in [3.05, 3.63) is 24.3 Å². The molecule has 1 atom stereocenters. The molecule has 1 aliphatic carbocycles. The van der Waals surface area contributed by atoms with Crippen LogP contribution in [-0.4, -0.2) is 65.4 Å². The van der Waals surface area contributed by atoms with Crippen LogP contribution in [0.25, 0.3) is 0 Å². The summed E-state index contributed by atoms with van der Waals surface area (Å²) in [6, 6.07) is -0.244. The number of carbonyl (C=O) groups excluding carboxylic acids is 2. The van der Waals surface area contributed by atoms with Crippen LogP contribution in [0.2, 0.25) is 0 Å². The summed E-state index contributed by atoms with van der Waals surface area (Å²) >= 11 is 0. The lowest BCUT2D eigenvalue weighted by molar-refractivity contribution is -0.137. The number of nitrogens with zero attached hydrogens (tertiary/aromatic N) is 3. The molecule has 23 heavy (non-hydrogen) atoms. The third-order valence-electron chi connectivity index (χ3n) is 3.93. The summed E-state index contributed by atoms with van der Waals surface area (Å²) in [5.41, 5.74) is 0.0294. The van der Waals surface area contributed by atoms with Gasteiger partial charge in [-0.2, -0.15) is 0 Å². The third-order valence-corrected chi connectivity index (χ3v) is 5.68. The molecule has 1 saturated carbocycles. The minimum atomic E-state index is -3.07. The van der Waals surface area contributed by atoms with Crippen LogP contribution >= 0.6 is 0 Å². The first-order chi connectivity index (χ1) is 11.0. The Morgan fingerprint density at radius 1 is 1.22 bits per heavy atom. The zero-order valence-corrected chi connectivity index (χ0v) is 13.2. The van der Waals surface area contributed by atoms with E-state index in [4.69, 9.17) is 4.74 Å². The number of hydrogen-bond donors (Lipinski definition) is 0. The van der Waals surface area contributed by atoms with E-state index in [1.165, 1.54) is 18.6 Å². The molecule has 0 bridgehead atoms. The van der Waals surface area contributed by atoms with E-state index in [1.807, 2.05) is 0 Å². The number of esters is 1. The minimum Gasteiger partial charge on any atom is -0.451 e. The highest BCUT2D eigenvalue weighted by atomic mass is 32.2. The van der Waals surface area contributed by atoms with Crippen molar-refractivity contribution in [1.82, 2.24) is 14.9 Å². The second-order valence-electron chi connectivity index (χ2n) is 5.76. The van der Waals surface area contributed by atoms with Crippen molar-refractivity contribution in [3.8, 4) is 0 Å². The van der Waals surface area contributed by atoms with Gasteiger partial charge in [-0.1, -0.05) is 0 Å². The van der Waals surface area contributed by atoms with Crippen LogP contribution in [-0.2, 0) is 19.4 Å². The fourth-order valence-electron chi connectivity index (χ4n) is 2.73. The van der Waals surface area contributed by atoms with Gasteiger partial charge in [-0.15, -0.1) is 0 Å². The molecule has 1 saturated heterocycles. The molecule has 3 rings (SSSR count). The van der Waals surface area contributed by atoms with Gasteiger partial charge in [0.15, 0.2) is 22.1 Å². The molecule has 124 valence electrons. The zero-order chi connectivity index (χ0) is 16.4. The lowest BCUT2D eigenvalue weighted by Gasteiger charge is -2.28. The van der Waals surface area contributed by atoms with Crippen LogP contribution in [0.4, 0.5) is 0 Å². The Kier molecular flexibility index (Phi) is 4.29. The summed E-state index contributed by atoms with van der Waals surface area (Å²) in [5.74, 6) is -0.978. The van der Waals surface area contributed by atoms with Crippen molar-refractivity contribution in [2.75, 3.05) is 18.1 Å². The predicted octanol–water partition coefficient (Wildman–Crippen LogP) is -0.188. The number of sulfone groups is 1. The first kappa shape index (κ1) is 15.9. The summed E-state index contributed by atoms with van der Waals surface area (Å²) in [7, 11) is -3.07. The Morgan fingerprint density at radius 2 is 2.00 bits per heavy atom. The highest BCUT2D eigenvalue weighted by molar-refractivity contribution is 7.91. The fourth-order valence-corrected chi connectivity index (χ4v) is 4.44. The molecule has 0 aromatic carbocycles. The number of amides is 1. The van der Waals surface area contributed by atoms with Crippen molar-refractivity contribution < 1.29 is 22.7 Å². The van der Waals surface area contributed by atoms with Gasteiger partial charge in [0.25, 0.3) is 5.91 Å². The van der Waals surface area contributed by atoms with Crippen LogP contribution in [0.1, 0.15) is 29.8 Å². The predicted molar refractivity (Wildman–Crippen MR) is 79.2 cm³/mol. The molecule has 1 aliphatic heterocycles. The summed E-state index contributed by atoms with van der Waals surface area (Å²) in [6.45, 7) is -0.414. The summed E-state index contributed by atoms with van der Waals surface area (Å²) in [5, 5.41) is 0. The van der Waals surface area contributed by atoms with Crippen molar-refractivity contribution >= 4 is 21.7 Å². The number of carbonyl (C=O) groups is 2. The van der Waals surface area contributed by atoms with Crippen LogP contribution in [0.15, 0.2) is 18.6 Å². The largest absolute Gasteiger partial charge is 0.451 e. The first-order valence-corrected chi connectivity index (χ1v) is 9.23. The standard InChI is InChI=1S/C14H17N3O5S/c18-13(8-22-14(19)12-7-15-4-5-16-12)17(10-1-2-10)11-3-6-23(20,21)9-11/h4-5,7,10-11H,1-3,6,8-9H2/t11-/m0/s1. The molecule has 8 nitrogen and oxygen atoms in total. The van der Waals surface area contributed by atoms with E-state index in [-0.39, 0.29) is 35.2 Å². The Hall–Kier alpha value is -2.03. The van der Waals surface area contributed by atoms with Crippen molar-refractivity contribution in [2.45, 2.75) is 31.3 Å². The molecule has 2 aliphatic rings. The third kappa shape index (κ3) is 3.84. The maximum atomic E-state index is 12.4. The highest BCUT2D eigenvalue weighted by Gasteiger charge is 2.42. The smallest absolute Gasteiger partial charge is 0.359 e. The van der Waals surface area contributed by atoms with Gasteiger partial charge < -0.3 is 9.64 Å². The Morgan fingerprint density at radius 3 is 2.57 bits per heavy atom. The molecular formula is C14H17N3O5S. The Bertz CT molecular complexity index is 702. The first-order valence-electron chi connectivity index (χ1n) is 7.41. The molecule has 1 aromatic heterocycles. The van der Waals surface area contributed by atoms with E-state index in [2.05, 4.69) is 9.97 Å². The lowest BCUT2D eigenvalue weighted by atomic mass is 10.2. The van der Waals surface area contributed by atoms with E-state index in [9.17, 15) is 18.0 Å². The van der Waals surface area contributed by atoms with E-state index in [1.54, 1.807) is 4.90 Å². The molecule has 0 N–H and O–H groups in total. The molecule has 1 amide bonds. The molecule has 1 aromatic rings. The SMILES string of the molecule is O=C(OCC(=O)N(C1CC1)[C@H]1CCS(=O)(=O)C1)c1cnccn1. The minimum absolute atomic E-state index is 0.00660. The van der Waals surface area contributed by atoms with Crippen molar-refractivity contribution in [1.29, 1.82) is 0 Å². The second-order valence-corrected chi connectivity index (χ2v) is 7.98. The van der Waals surface area contributed by atoms with Gasteiger partial charge in [-0.25, -0.2) is 18.2 Å². The van der Waals surface area contributed by atoms with E-state index in [0.717, 1.165) is 12.8 Å². The zero-order valence-electron chi connectivity index (χ0n) is 12.4. The van der Waals surface area contributed by atoms with Gasteiger partial charge in [-0.3, -0.25) is 9.78 Å². The molecule has 2 heterocycles. The van der Waals surface area contributed by atoms with Crippen LogP contribution in [0.5, 0.6) is 0 Å². The number of ether oxygens (including phenoxy) is 1. The molecule has 2 fully saturated rings. The van der Waals surface area contributed by atoms with Crippen molar-refractivity contribution in [2.24, 2.45) is 0 Å². The van der Waals surface area contributed by atoms with E-state index in [0.29, 0.717) is 6.42 Å². The highest BCUT2D eigenvalue weighted by Crippen LogP contribution is 2.32. The molecular weight excluding hydrogens is 322 g/mol. The quantitative estimate of drug-likeness (QED) is 0.684. The van der Waals surface area contributed by atoms with E-state index >= 15 is 0 Å². The van der Waals surface area contributed by atoms with E-state index < -0.39 is 22.4 Å². The topological polar surface area (TPSA) is 107 Å². The summed E-state index contributed by atoms with van der Waals surface area (Å²) in [6.07, 6.45) is 6.22. The number of rotatable bonds is 5. The number of aromatic nitrogens is 2. The van der Waals surface area contributed by atoms with Gasteiger partial charge in [0.05, 0.1) is 17.7 Å². The average Bonchev–Trinajstić information content (AvgIpc) is 3.29. The van der Waals surface area contributed by atoms with Gasteiger partial charge in [-0.05, 0) is 19.3 Å². The van der Waals surface area contributed by atoms with Gasteiger partial charge in [0, 0.05) is 24.5 Å². The molecule has 0 spiro atoms. The molecule has 0 radical (unpaired) electrons. The second kappa shape index (κ2) is 6.23. The number of hydrogen-bond acceptors (Lipinski definition) is 7. The summed E-state index contributed by atoms with van der Waals surface area (Å²) in [4.78, 5) is 33.3. The van der Waals surface area contributed by atoms with Gasteiger partial charge in [0.2, 0.25) is 0 Å². The Balaban J connectivity index is 1.60. The van der Waals surface area contributed by atoms with Crippen LogP contribution < -0.4 is 0 Å². The van der Waals surface area contributed by atoms with Crippen molar-refractivity contribution in [3.63, 3.8) is 0 Å². The Labute approximate surface area is 133 Å². The van der Waals surface area contributed by atoms with Crippen LogP contribution in [0.3, 0.4) is 0 Å². The monoisotopic (exact) mass is 339 g/mol. The fraction of sp³-hybridized carbons (Fsp3) is 0.571. The average molecular weight is 339 g/mol. The van der Waals surface area contributed by atoms with Crippen LogP contribution in [0, 0.1) is 0 Å². The maximum absolute atomic E-state index is 12.4. The molecule has 9 heteroatoms. The molecule has 0 unspecified atom stereocenters.